The molecule has 2 N–H and O–H groups in total. The fourth-order valence-electron chi connectivity index (χ4n) is 2.08. The maximum Gasteiger partial charge on any atom is 0.244 e. The molecule has 0 radical (unpaired) electrons. The number of methoxy groups -OCH3 is 1. The molecule has 21 heavy (non-hydrogen) atoms. The highest BCUT2D eigenvalue weighted by molar-refractivity contribution is 7.89. The van der Waals surface area contributed by atoms with E-state index in [0.29, 0.717) is 6.61 Å². The maximum atomic E-state index is 12.8. The lowest BCUT2D eigenvalue weighted by Gasteiger charge is -2.29. The number of pyridine rings is 1. The first-order chi connectivity index (χ1) is 9.88. The third-order valence-corrected chi connectivity index (χ3v) is 5.54. The summed E-state index contributed by atoms with van der Waals surface area (Å²) in [4.78, 5) is 3.87. The highest BCUT2D eigenvalue weighted by Gasteiger charge is 2.30. The molecule has 0 spiro atoms. The van der Waals surface area contributed by atoms with Crippen molar-refractivity contribution in [3.63, 3.8) is 0 Å². The molecule has 0 fully saturated rings. The Hall–Kier alpha value is -0.890. The number of sulfonamides is 1. The molecule has 0 amide bonds. The van der Waals surface area contributed by atoms with Crippen molar-refractivity contribution >= 4 is 27.4 Å². The Morgan fingerprint density at radius 2 is 2.05 bits per heavy atom. The van der Waals surface area contributed by atoms with Gasteiger partial charge in [0.2, 0.25) is 10.0 Å². The number of nitrogens with zero attached hydrogens (tertiary/aromatic N) is 2. The van der Waals surface area contributed by atoms with Gasteiger partial charge in [-0.25, -0.2) is 13.4 Å². The number of hydrogen-bond donors (Lipinski definition) is 1. The molecule has 0 aliphatic carbocycles. The minimum atomic E-state index is -3.69. The Bertz CT molecular complexity index is 562. The van der Waals surface area contributed by atoms with Gasteiger partial charge in [-0.05, 0) is 18.9 Å². The van der Waals surface area contributed by atoms with Crippen molar-refractivity contribution in [3.8, 4) is 0 Å². The summed E-state index contributed by atoms with van der Waals surface area (Å²) < 4.78 is 32.0. The topological polar surface area (TPSA) is 85.5 Å². The average molecular weight is 336 g/mol. The molecule has 0 aromatic carbocycles. The Balaban J connectivity index is 3.21. The lowest BCUT2D eigenvalue weighted by molar-refractivity contribution is 0.163. The van der Waals surface area contributed by atoms with Crippen LogP contribution in [0.15, 0.2) is 17.2 Å². The van der Waals surface area contributed by atoms with E-state index in [1.54, 1.807) is 7.11 Å². The van der Waals surface area contributed by atoms with Crippen LogP contribution in [0.4, 0.5) is 5.82 Å². The van der Waals surface area contributed by atoms with E-state index in [9.17, 15) is 8.42 Å². The summed E-state index contributed by atoms with van der Waals surface area (Å²) in [5.74, 6) is 0.113. The standard InChI is InChI=1S/C13H22ClN3O3S/c1-4-10(5-2)17(6-7-20-3)21(18,19)11-8-12(14)13(15)16-9-11/h8-10H,4-7H2,1-3H3,(H2,15,16). The van der Waals surface area contributed by atoms with E-state index in [1.165, 1.54) is 16.6 Å². The molecular weight excluding hydrogens is 314 g/mol. The number of nitrogen functional groups attached to an aromatic ring is 1. The third kappa shape index (κ3) is 4.29. The number of rotatable bonds is 8. The van der Waals surface area contributed by atoms with Crippen molar-refractivity contribution < 1.29 is 13.2 Å². The second-order valence-corrected chi connectivity index (χ2v) is 6.91. The Morgan fingerprint density at radius 3 is 2.52 bits per heavy atom. The van der Waals surface area contributed by atoms with Gasteiger partial charge in [0.05, 0.1) is 11.6 Å². The summed E-state index contributed by atoms with van der Waals surface area (Å²) in [5.41, 5.74) is 5.53. The van der Waals surface area contributed by atoms with Crippen LogP contribution in [0, 0.1) is 0 Å². The normalized spacial score (nSPS) is 12.3. The van der Waals surface area contributed by atoms with Crippen molar-refractivity contribution in [1.29, 1.82) is 0 Å². The molecular formula is C13H22ClN3O3S. The molecule has 0 saturated carbocycles. The zero-order valence-electron chi connectivity index (χ0n) is 12.5. The van der Waals surface area contributed by atoms with Crippen LogP contribution in [0.2, 0.25) is 5.02 Å². The maximum absolute atomic E-state index is 12.8. The van der Waals surface area contributed by atoms with E-state index in [2.05, 4.69) is 4.98 Å². The summed E-state index contributed by atoms with van der Waals surface area (Å²) in [5, 5.41) is 0.132. The second kappa shape index (κ2) is 7.93. The van der Waals surface area contributed by atoms with Gasteiger partial charge in [0, 0.05) is 25.9 Å². The molecule has 1 aromatic heterocycles. The Kier molecular flexibility index (Phi) is 6.86. The van der Waals surface area contributed by atoms with Gasteiger partial charge in [-0.15, -0.1) is 0 Å². The molecule has 0 bridgehead atoms. The quantitative estimate of drug-likeness (QED) is 0.786. The first-order valence-corrected chi connectivity index (χ1v) is 8.62. The van der Waals surface area contributed by atoms with Crippen molar-refractivity contribution in [1.82, 2.24) is 9.29 Å². The van der Waals surface area contributed by atoms with E-state index >= 15 is 0 Å². The monoisotopic (exact) mass is 335 g/mol. The summed E-state index contributed by atoms with van der Waals surface area (Å²) in [6.07, 6.45) is 2.67. The van der Waals surface area contributed by atoms with E-state index in [1.807, 2.05) is 13.8 Å². The zero-order valence-corrected chi connectivity index (χ0v) is 14.1. The fraction of sp³-hybridized carbons (Fsp3) is 0.615. The van der Waals surface area contributed by atoms with Crippen LogP contribution >= 0.6 is 11.6 Å². The highest BCUT2D eigenvalue weighted by Crippen LogP contribution is 2.25. The van der Waals surface area contributed by atoms with E-state index < -0.39 is 10.0 Å². The second-order valence-electron chi connectivity index (χ2n) is 4.62. The summed E-state index contributed by atoms with van der Waals surface area (Å²) >= 11 is 5.88. The van der Waals surface area contributed by atoms with Gasteiger partial charge >= 0.3 is 0 Å². The van der Waals surface area contributed by atoms with Crippen LogP contribution in [0.1, 0.15) is 26.7 Å². The number of anilines is 1. The third-order valence-electron chi connectivity index (χ3n) is 3.32. The first-order valence-electron chi connectivity index (χ1n) is 6.80. The number of halogens is 1. The molecule has 0 aliphatic rings. The van der Waals surface area contributed by atoms with Crippen molar-refractivity contribution in [2.45, 2.75) is 37.6 Å². The molecule has 6 nitrogen and oxygen atoms in total. The van der Waals surface area contributed by atoms with Crippen molar-refractivity contribution in [2.24, 2.45) is 0 Å². The SMILES string of the molecule is CCC(CC)N(CCOC)S(=O)(=O)c1cnc(N)c(Cl)c1. The molecule has 1 heterocycles. The zero-order chi connectivity index (χ0) is 16.0. The Labute approximate surface area is 131 Å². The van der Waals surface area contributed by atoms with Crippen LogP contribution in [-0.4, -0.2) is 44.0 Å². The van der Waals surface area contributed by atoms with E-state index in [4.69, 9.17) is 22.1 Å². The predicted molar refractivity (Wildman–Crippen MR) is 83.8 cm³/mol. The van der Waals surface area contributed by atoms with Gasteiger partial charge in [-0.3, -0.25) is 0 Å². The number of hydrogen-bond acceptors (Lipinski definition) is 5. The van der Waals surface area contributed by atoms with Crippen LogP contribution < -0.4 is 5.73 Å². The molecule has 1 aromatic rings. The van der Waals surface area contributed by atoms with E-state index in [-0.39, 0.29) is 28.3 Å². The Morgan fingerprint density at radius 1 is 1.43 bits per heavy atom. The fourth-order valence-corrected chi connectivity index (χ4v) is 4.04. The highest BCUT2D eigenvalue weighted by atomic mass is 35.5. The minimum absolute atomic E-state index is 0.0460. The predicted octanol–water partition coefficient (Wildman–Crippen LogP) is 2.14. The van der Waals surface area contributed by atoms with Crippen LogP contribution in [-0.2, 0) is 14.8 Å². The van der Waals surface area contributed by atoms with Crippen molar-refractivity contribution in [3.05, 3.63) is 17.3 Å². The average Bonchev–Trinajstić information content (AvgIpc) is 2.46. The minimum Gasteiger partial charge on any atom is -0.383 e. The lowest BCUT2D eigenvalue weighted by atomic mass is 10.2. The summed E-state index contributed by atoms with van der Waals surface area (Å²) in [7, 11) is -2.14. The van der Waals surface area contributed by atoms with Crippen LogP contribution in [0.5, 0.6) is 0 Å². The van der Waals surface area contributed by atoms with Crippen LogP contribution in [0.25, 0.3) is 0 Å². The summed E-state index contributed by atoms with van der Waals surface area (Å²) in [6, 6.07) is 1.24. The number of nitrogens with two attached hydrogens (primary N) is 1. The first kappa shape index (κ1) is 18.2. The van der Waals surface area contributed by atoms with Gasteiger partial charge in [-0.1, -0.05) is 25.4 Å². The smallest absolute Gasteiger partial charge is 0.244 e. The van der Waals surface area contributed by atoms with Gasteiger partial charge in [-0.2, -0.15) is 4.31 Å². The van der Waals surface area contributed by atoms with E-state index in [0.717, 1.165) is 12.8 Å². The molecule has 8 heteroatoms. The van der Waals surface area contributed by atoms with Crippen molar-refractivity contribution in [2.75, 3.05) is 26.0 Å². The van der Waals surface area contributed by atoms with Gasteiger partial charge in [0.25, 0.3) is 0 Å². The van der Waals surface area contributed by atoms with Gasteiger partial charge < -0.3 is 10.5 Å². The molecule has 120 valence electrons. The largest absolute Gasteiger partial charge is 0.383 e. The number of aromatic nitrogens is 1. The molecule has 1 rings (SSSR count). The molecule has 0 aliphatic heterocycles. The number of ether oxygens (including phenoxy) is 1. The molecule has 0 unspecified atom stereocenters. The molecule has 0 saturated heterocycles. The van der Waals surface area contributed by atoms with Gasteiger partial charge in [0.1, 0.15) is 10.7 Å². The molecule has 0 atom stereocenters. The van der Waals surface area contributed by atoms with Crippen LogP contribution in [0.3, 0.4) is 0 Å². The van der Waals surface area contributed by atoms with Gasteiger partial charge in [0.15, 0.2) is 0 Å². The summed E-state index contributed by atoms with van der Waals surface area (Å²) in [6.45, 7) is 4.52. The lowest BCUT2D eigenvalue weighted by Crippen LogP contribution is -2.41.